The fourth-order valence-electron chi connectivity index (χ4n) is 3.20. The second-order valence-electron chi connectivity index (χ2n) is 7.00. The Kier molecular flexibility index (Phi) is 5.62. The molecule has 2 aromatic rings. The van der Waals surface area contributed by atoms with Gasteiger partial charge in [0.15, 0.2) is 11.9 Å². The van der Waals surface area contributed by atoms with E-state index in [0.29, 0.717) is 31.1 Å². The lowest BCUT2D eigenvalue weighted by atomic mass is 10.2. The van der Waals surface area contributed by atoms with Gasteiger partial charge in [-0.15, -0.1) is 0 Å². The maximum atomic E-state index is 12.8. The SMILES string of the molecule is Cc1ccc(S(=O)(=O)N2CCN(C(=O)C[n+]3cccc(C)c3C)CC2)cc1. The van der Waals surface area contributed by atoms with Gasteiger partial charge in [-0.1, -0.05) is 17.7 Å². The van der Waals surface area contributed by atoms with Gasteiger partial charge in [0.2, 0.25) is 16.6 Å². The molecule has 1 aliphatic heterocycles. The number of carbonyl (C=O) groups excluding carboxylic acids is 1. The van der Waals surface area contributed by atoms with E-state index >= 15 is 0 Å². The summed E-state index contributed by atoms with van der Waals surface area (Å²) in [5.41, 5.74) is 3.22. The van der Waals surface area contributed by atoms with Crippen LogP contribution in [0.1, 0.15) is 16.8 Å². The maximum Gasteiger partial charge on any atom is 0.288 e. The normalized spacial score (nSPS) is 15.7. The highest BCUT2D eigenvalue weighted by Crippen LogP contribution is 2.18. The molecule has 0 N–H and O–H groups in total. The molecule has 1 amide bonds. The monoisotopic (exact) mass is 388 g/mol. The van der Waals surface area contributed by atoms with Gasteiger partial charge in [0.1, 0.15) is 0 Å². The molecule has 6 nitrogen and oxygen atoms in total. The number of sulfonamides is 1. The first-order valence-corrected chi connectivity index (χ1v) is 10.5. The zero-order valence-electron chi connectivity index (χ0n) is 16.1. The van der Waals surface area contributed by atoms with Crippen LogP contribution in [0.15, 0.2) is 47.5 Å². The fraction of sp³-hybridized carbons (Fsp3) is 0.400. The third kappa shape index (κ3) is 4.20. The predicted molar refractivity (Wildman–Crippen MR) is 103 cm³/mol. The van der Waals surface area contributed by atoms with Crippen LogP contribution in [0.2, 0.25) is 0 Å². The molecule has 0 radical (unpaired) electrons. The van der Waals surface area contributed by atoms with Gasteiger partial charge in [-0.2, -0.15) is 8.87 Å². The van der Waals surface area contributed by atoms with Crippen LogP contribution < -0.4 is 4.57 Å². The Balaban J connectivity index is 1.63. The topological polar surface area (TPSA) is 61.6 Å². The van der Waals surface area contributed by atoms with Crippen LogP contribution in [-0.4, -0.2) is 49.7 Å². The van der Waals surface area contributed by atoms with Crippen LogP contribution >= 0.6 is 0 Å². The number of piperazine rings is 1. The molecule has 0 spiro atoms. The minimum atomic E-state index is -3.51. The molecule has 0 saturated carbocycles. The molecule has 144 valence electrons. The highest BCUT2D eigenvalue weighted by Gasteiger charge is 2.31. The van der Waals surface area contributed by atoms with Crippen LogP contribution in [0.4, 0.5) is 0 Å². The number of rotatable bonds is 4. The first kappa shape index (κ1) is 19.5. The Morgan fingerprint density at radius 1 is 1.00 bits per heavy atom. The molecule has 1 aromatic heterocycles. The third-order valence-corrected chi connectivity index (χ3v) is 7.08. The summed E-state index contributed by atoms with van der Waals surface area (Å²) in [5.74, 6) is 0.0149. The van der Waals surface area contributed by atoms with Gasteiger partial charge >= 0.3 is 0 Å². The molecule has 0 aliphatic carbocycles. The second-order valence-corrected chi connectivity index (χ2v) is 8.94. The number of benzene rings is 1. The second kappa shape index (κ2) is 7.78. The zero-order chi connectivity index (χ0) is 19.6. The van der Waals surface area contributed by atoms with Crippen LogP contribution in [-0.2, 0) is 21.4 Å². The van der Waals surface area contributed by atoms with E-state index in [4.69, 9.17) is 0 Å². The van der Waals surface area contributed by atoms with Gasteiger partial charge in [-0.25, -0.2) is 8.42 Å². The Hall–Kier alpha value is -2.25. The molecule has 1 aliphatic rings. The van der Waals surface area contributed by atoms with E-state index in [1.54, 1.807) is 29.2 Å². The Morgan fingerprint density at radius 2 is 1.63 bits per heavy atom. The van der Waals surface area contributed by atoms with E-state index in [2.05, 4.69) is 0 Å². The molecule has 1 aromatic carbocycles. The van der Waals surface area contributed by atoms with E-state index < -0.39 is 10.0 Å². The zero-order valence-corrected chi connectivity index (χ0v) is 16.9. The number of aromatic nitrogens is 1. The molecular formula is C20H26N3O3S+. The van der Waals surface area contributed by atoms with Gasteiger partial charge in [0.05, 0.1) is 4.90 Å². The molecule has 3 rings (SSSR count). The fourth-order valence-corrected chi connectivity index (χ4v) is 4.63. The van der Waals surface area contributed by atoms with Crippen molar-refractivity contribution in [3.8, 4) is 0 Å². The minimum absolute atomic E-state index is 0.0149. The average molecular weight is 389 g/mol. The van der Waals surface area contributed by atoms with E-state index in [-0.39, 0.29) is 12.5 Å². The number of pyridine rings is 1. The molecule has 1 fully saturated rings. The van der Waals surface area contributed by atoms with Crippen molar-refractivity contribution in [1.82, 2.24) is 9.21 Å². The third-order valence-electron chi connectivity index (χ3n) is 5.17. The van der Waals surface area contributed by atoms with Crippen molar-refractivity contribution in [3.05, 3.63) is 59.4 Å². The smallest absolute Gasteiger partial charge is 0.288 e. The summed E-state index contributed by atoms with van der Waals surface area (Å²) in [7, 11) is -3.51. The lowest BCUT2D eigenvalue weighted by molar-refractivity contribution is -0.691. The minimum Gasteiger partial charge on any atom is -0.335 e. The quantitative estimate of drug-likeness (QED) is 0.745. The largest absolute Gasteiger partial charge is 0.335 e. The molecule has 7 heteroatoms. The lowest BCUT2D eigenvalue weighted by Gasteiger charge is -2.33. The van der Waals surface area contributed by atoms with Crippen molar-refractivity contribution >= 4 is 15.9 Å². The Morgan fingerprint density at radius 3 is 2.26 bits per heavy atom. The van der Waals surface area contributed by atoms with Gasteiger partial charge in [-0.3, -0.25) is 4.79 Å². The van der Waals surface area contributed by atoms with Crippen molar-refractivity contribution in [2.45, 2.75) is 32.2 Å². The van der Waals surface area contributed by atoms with Crippen molar-refractivity contribution in [2.75, 3.05) is 26.2 Å². The van der Waals surface area contributed by atoms with Gasteiger partial charge in [0.25, 0.3) is 5.91 Å². The molecule has 2 heterocycles. The van der Waals surface area contributed by atoms with Crippen LogP contribution in [0, 0.1) is 20.8 Å². The van der Waals surface area contributed by atoms with Crippen molar-refractivity contribution in [2.24, 2.45) is 0 Å². The van der Waals surface area contributed by atoms with Crippen LogP contribution in [0.5, 0.6) is 0 Å². The maximum absolute atomic E-state index is 12.8. The van der Waals surface area contributed by atoms with Gasteiger partial charge in [-0.05, 0) is 32.0 Å². The summed E-state index contributed by atoms with van der Waals surface area (Å²) < 4.78 is 28.9. The summed E-state index contributed by atoms with van der Waals surface area (Å²) in [6.45, 7) is 7.68. The first-order chi connectivity index (χ1) is 12.8. The van der Waals surface area contributed by atoms with Crippen molar-refractivity contribution in [1.29, 1.82) is 0 Å². The molecule has 27 heavy (non-hydrogen) atoms. The average Bonchev–Trinajstić information content (AvgIpc) is 2.66. The van der Waals surface area contributed by atoms with E-state index in [1.165, 1.54) is 4.31 Å². The van der Waals surface area contributed by atoms with Crippen molar-refractivity contribution < 1.29 is 17.8 Å². The number of hydrogen-bond acceptors (Lipinski definition) is 3. The summed E-state index contributed by atoms with van der Waals surface area (Å²) in [6.07, 6.45) is 1.90. The Labute approximate surface area is 161 Å². The number of hydrogen-bond donors (Lipinski definition) is 0. The molecule has 1 saturated heterocycles. The lowest BCUT2D eigenvalue weighted by Crippen LogP contribution is -2.54. The molecule has 0 atom stereocenters. The molecular weight excluding hydrogens is 362 g/mol. The van der Waals surface area contributed by atoms with E-state index in [0.717, 1.165) is 16.8 Å². The van der Waals surface area contributed by atoms with Crippen LogP contribution in [0.25, 0.3) is 0 Å². The number of amides is 1. The summed E-state index contributed by atoms with van der Waals surface area (Å²) >= 11 is 0. The predicted octanol–water partition coefficient (Wildman–Crippen LogP) is 1.43. The summed E-state index contributed by atoms with van der Waals surface area (Å²) in [4.78, 5) is 14.7. The number of carbonyl (C=O) groups is 1. The molecule has 0 bridgehead atoms. The van der Waals surface area contributed by atoms with E-state index in [9.17, 15) is 13.2 Å². The summed E-state index contributed by atoms with van der Waals surface area (Å²) in [6, 6.07) is 10.8. The standard InChI is InChI=1S/C20H26N3O3S/c1-16-6-8-19(9-7-16)27(25,26)23-13-11-21(12-14-23)20(24)15-22-10-4-5-17(2)18(22)3/h4-10H,11-15H2,1-3H3/q+1. The van der Waals surface area contributed by atoms with Crippen LogP contribution in [0.3, 0.4) is 0 Å². The number of aryl methyl sites for hydroxylation is 2. The van der Waals surface area contributed by atoms with Gasteiger partial charge < -0.3 is 4.90 Å². The highest BCUT2D eigenvalue weighted by molar-refractivity contribution is 7.89. The first-order valence-electron chi connectivity index (χ1n) is 9.09. The number of nitrogens with zero attached hydrogens (tertiary/aromatic N) is 3. The van der Waals surface area contributed by atoms with E-state index in [1.807, 2.05) is 43.7 Å². The molecule has 0 unspecified atom stereocenters. The highest BCUT2D eigenvalue weighted by atomic mass is 32.2. The summed E-state index contributed by atoms with van der Waals surface area (Å²) in [5, 5.41) is 0. The van der Waals surface area contributed by atoms with Gasteiger partial charge in [0, 0.05) is 44.7 Å². The Bertz CT molecular complexity index is 931. The van der Waals surface area contributed by atoms with Crippen molar-refractivity contribution in [3.63, 3.8) is 0 Å².